The second-order valence-corrected chi connectivity index (χ2v) is 6.49. The number of nitrogens with zero attached hydrogens (tertiary/aromatic N) is 3. The number of hydrogen-bond donors (Lipinski definition) is 1. The molecule has 6 nitrogen and oxygen atoms in total. The molecule has 1 N–H and O–H groups in total. The molecule has 0 aliphatic carbocycles. The lowest BCUT2D eigenvalue weighted by Gasteiger charge is -2.33. The van der Waals surface area contributed by atoms with Crippen LogP contribution in [0.5, 0.6) is 11.6 Å². The molecule has 0 spiro atoms. The Labute approximate surface area is 158 Å². The van der Waals surface area contributed by atoms with Gasteiger partial charge in [-0.25, -0.2) is 4.98 Å². The van der Waals surface area contributed by atoms with Crippen LogP contribution in [0.25, 0.3) is 0 Å². The van der Waals surface area contributed by atoms with Crippen LogP contribution in [0.3, 0.4) is 0 Å². The molecule has 1 saturated heterocycles. The SMILES string of the molecule is c1cc([C@H]2OCCC[C@@H]2NCc2ccc(Oc3cnccn3)cc2)ccn1. The van der Waals surface area contributed by atoms with Crippen molar-refractivity contribution in [2.24, 2.45) is 0 Å². The van der Waals surface area contributed by atoms with E-state index in [1.807, 2.05) is 36.7 Å². The molecule has 6 heteroatoms. The maximum Gasteiger partial charge on any atom is 0.237 e. The van der Waals surface area contributed by atoms with Crippen LogP contribution in [0.2, 0.25) is 0 Å². The minimum absolute atomic E-state index is 0.0704. The van der Waals surface area contributed by atoms with Gasteiger partial charge in [-0.05, 0) is 48.2 Å². The largest absolute Gasteiger partial charge is 0.438 e. The van der Waals surface area contributed by atoms with Crippen molar-refractivity contribution in [2.45, 2.75) is 31.5 Å². The minimum atomic E-state index is 0.0704. The predicted octanol–water partition coefficient (Wildman–Crippen LogP) is 3.67. The van der Waals surface area contributed by atoms with Gasteiger partial charge >= 0.3 is 0 Å². The van der Waals surface area contributed by atoms with E-state index in [0.29, 0.717) is 5.88 Å². The third-order valence-electron chi connectivity index (χ3n) is 4.61. The zero-order chi connectivity index (χ0) is 18.3. The Morgan fingerprint density at radius 2 is 1.85 bits per heavy atom. The molecular formula is C21H22N4O2. The molecule has 1 aliphatic heterocycles. The summed E-state index contributed by atoms with van der Waals surface area (Å²) in [6, 6.07) is 12.4. The first-order chi connectivity index (χ1) is 13.4. The fourth-order valence-electron chi connectivity index (χ4n) is 3.25. The number of benzene rings is 1. The second-order valence-electron chi connectivity index (χ2n) is 6.49. The van der Waals surface area contributed by atoms with Crippen molar-refractivity contribution in [1.29, 1.82) is 0 Å². The van der Waals surface area contributed by atoms with Gasteiger partial charge in [-0.15, -0.1) is 0 Å². The van der Waals surface area contributed by atoms with Gasteiger partial charge in [0, 0.05) is 44.0 Å². The van der Waals surface area contributed by atoms with E-state index < -0.39 is 0 Å². The van der Waals surface area contributed by atoms with Crippen molar-refractivity contribution in [3.05, 3.63) is 78.5 Å². The molecular weight excluding hydrogens is 340 g/mol. The fourth-order valence-corrected chi connectivity index (χ4v) is 3.25. The molecule has 0 amide bonds. The number of nitrogens with one attached hydrogen (secondary N) is 1. The zero-order valence-electron chi connectivity index (χ0n) is 15.0. The van der Waals surface area contributed by atoms with Gasteiger partial charge in [-0.2, -0.15) is 0 Å². The molecule has 3 heterocycles. The maximum absolute atomic E-state index is 6.03. The normalized spacial score (nSPS) is 19.6. The molecule has 0 bridgehead atoms. The van der Waals surface area contributed by atoms with Crippen LogP contribution in [0.15, 0.2) is 67.4 Å². The van der Waals surface area contributed by atoms with Gasteiger partial charge in [0.15, 0.2) is 0 Å². The lowest BCUT2D eigenvalue weighted by Crippen LogP contribution is -2.39. The van der Waals surface area contributed by atoms with Gasteiger partial charge < -0.3 is 14.8 Å². The summed E-state index contributed by atoms with van der Waals surface area (Å²) in [6.07, 6.45) is 10.7. The first-order valence-corrected chi connectivity index (χ1v) is 9.16. The van der Waals surface area contributed by atoms with E-state index in [1.165, 1.54) is 11.1 Å². The van der Waals surface area contributed by atoms with Crippen LogP contribution in [0.1, 0.15) is 30.1 Å². The average molecular weight is 362 g/mol. The fraction of sp³-hybridized carbons (Fsp3) is 0.286. The summed E-state index contributed by atoms with van der Waals surface area (Å²) in [5.41, 5.74) is 2.37. The average Bonchev–Trinajstić information content (AvgIpc) is 2.75. The molecule has 27 heavy (non-hydrogen) atoms. The first-order valence-electron chi connectivity index (χ1n) is 9.16. The van der Waals surface area contributed by atoms with Gasteiger partial charge in [0.25, 0.3) is 0 Å². The molecule has 1 aliphatic rings. The molecule has 0 unspecified atom stereocenters. The highest BCUT2D eigenvalue weighted by molar-refractivity contribution is 5.30. The topological polar surface area (TPSA) is 69.2 Å². The van der Waals surface area contributed by atoms with Crippen LogP contribution in [-0.2, 0) is 11.3 Å². The lowest BCUT2D eigenvalue weighted by atomic mass is 9.96. The van der Waals surface area contributed by atoms with Crippen LogP contribution in [-0.4, -0.2) is 27.6 Å². The summed E-state index contributed by atoms with van der Waals surface area (Å²) >= 11 is 0. The molecule has 1 aromatic carbocycles. The Kier molecular flexibility index (Phi) is 5.67. The summed E-state index contributed by atoms with van der Waals surface area (Å²) in [4.78, 5) is 12.2. The summed E-state index contributed by atoms with van der Waals surface area (Å²) in [5, 5.41) is 3.65. The van der Waals surface area contributed by atoms with E-state index in [-0.39, 0.29) is 12.1 Å². The highest BCUT2D eigenvalue weighted by Crippen LogP contribution is 2.28. The van der Waals surface area contributed by atoms with Crippen molar-refractivity contribution in [1.82, 2.24) is 20.3 Å². The molecule has 0 radical (unpaired) electrons. The van der Waals surface area contributed by atoms with Gasteiger partial charge in [-0.1, -0.05) is 12.1 Å². The van der Waals surface area contributed by atoms with Crippen molar-refractivity contribution in [2.75, 3.05) is 6.61 Å². The molecule has 138 valence electrons. The number of rotatable bonds is 6. The number of hydrogen-bond acceptors (Lipinski definition) is 6. The quantitative estimate of drug-likeness (QED) is 0.721. The molecule has 2 aromatic heterocycles. The van der Waals surface area contributed by atoms with Crippen molar-refractivity contribution >= 4 is 0 Å². The summed E-state index contributed by atoms with van der Waals surface area (Å²) < 4.78 is 11.7. The number of ether oxygens (including phenoxy) is 2. The van der Waals surface area contributed by atoms with Crippen LogP contribution in [0, 0.1) is 0 Å². The maximum atomic E-state index is 6.03. The van der Waals surface area contributed by atoms with Gasteiger partial charge in [-0.3, -0.25) is 9.97 Å². The van der Waals surface area contributed by atoms with Crippen LogP contribution in [0.4, 0.5) is 0 Å². The third-order valence-corrected chi connectivity index (χ3v) is 4.61. The van der Waals surface area contributed by atoms with E-state index in [4.69, 9.17) is 9.47 Å². The number of pyridine rings is 1. The van der Waals surface area contributed by atoms with E-state index in [9.17, 15) is 0 Å². The lowest BCUT2D eigenvalue weighted by molar-refractivity contribution is -0.0112. The zero-order valence-corrected chi connectivity index (χ0v) is 15.0. The Morgan fingerprint density at radius 1 is 1.00 bits per heavy atom. The van der Waals surface area contributed by atoms with E-state index in [1.54, 1.807) is 18.6 Å². The van der Waals surface area contributed by atoms with E-state index >= 15 is 0 Å². The molecule has 1 fully saturated rings. The van der Waals surface area contributed by atoms with Gasteiger partial charge in [0.1, 0.15) is 5.75 Å². The summed E-state index contributed by atoms with van der Waals surface area (Å²) in [5.74, 6) is 1.23. The van der Waals surface area contributed by atoms with Crippen LogP contribution < -0.4 is 10.1 Å². The Morgan fingerprint density at radius 3 is 2.63 bits per heavy atom. The molecule has 2 atom stereocenters. The van der Waals surface area contributed by atoms with Crippen molar-refractivity contribution < 1.29 is 9.47 Å². The second kappa shape index (κ2) is 8.70. The molecule has 4 rings (SSSR count). The standard InChI is InChI=1S/C21H22N4O2/c1-2-19(21(26-13-1)17-7-9-22-10-8-17)25-14-16-3-5-18(6-4-16)27-20-15-23-11-12-24-20/h3-12,15,19,21,25H,1-2,13-14H2/t19-,21+/m0/s1. The summed E-state index contributed by atoms with van der Waals surface area (Å²) in [6.45, 7) is 1.58. The van der Waals surface area contributed by atoms with E-state index in [0.717, 1.165) is 31.7 Å². The molecule has 0 saturated carbocycles. The van der Waals surface area contributed by atoms with Crippen molar-refractivity contribution in [3.8, 4) is 11.6 Å². The monoisotopic (exact) mass is 362 g/mol. The minimum Gasteiger partial charge on any atom is -0.438 e. The third kappa shape index (κ3) is 4.67. The summed E-state index contributed by atoms with van der Waals surface area (Å²) in [7, 11) is 0. The van der Waals surface area contributed by atoms with Crippen molar-refractivity contribution in [3.63, 3.8) is 0 Å². The van der Waals surface area contributed by atoms with Crippen LogP contribution >= 0.6 is 0 Å². The highest BCUT2D eigenvalue weighted by atomic mass is 16.5. The molecule has 3 aromatic rings. The first kappa shape index (κ1) is 17.6. The number of aromatic nitrogens is 3. The Balaban J connectivity index is 1.36. The van der Waals surface area contributed by atoms with Gasteiger partial charge in [0.2, 0.25) is 5.88 Å². The highest BCUT2D eigenvalue weighted by Gasteiger charge is 2.26. The Bertz CT molecular complexity index is 828. The smallest absolute Gasteiger partial charge is 0.237 e. The van der Waals surface area contributed by atoms with Gasteiger partial charge in [0.05, 0.1) is 12.3 Å². The van der Waals surface area contributed by atoms with E-state index in [2.05, 4.69) is 32.4 Å². The predicted molar refractivity (Wildman–Crippen MR) is 101 cm³/mol. The Hall–Kier alpha value is -2.83.